The lowest BCUT2D eigenvalue weighted by molar-refractivity contribution is 0.180. The summed E-state index contributed by atoms with van der Waals surface area (Å²) in [6, 6.07) is 15.2. The average Bonchev–Trinajstić information content (AvgIpc) is 2.82. The van der Waals surface area contributed by atoms with Crippen molar-refractivity contribution in [3.05, 3.63) is 65.2 Å². The van der Waals surface area contributed by atoms with Gasteiger partial charge in [0.15, 0.2) is 0 Å². The molecule has 2 aliphatic rings. The zero-order valence-electron chi connectivity index (χ0n) is 20.5. The lowest BCUT2D eigenvalue weighted by Crippen LogP contribution is -2.33. The van der Waals surface area contributed by atoms with Crippen LogP contribution in [0.2, 0.25) is 0 Å². The molecule has 1 N–H and O–H groups in total. The van der Waals surface area contributed by atoms with Gasteiger partial charge in [-0.2, -0.15) is 4.98 Å². The summed E-state index contributed by atoms with van der Waals surface area (Å²) in [7, 11) is -1.72. The summed E-state index contributed by atoms with van der Waals surface area (Å²) in [5.41, 5.74) is 4.76. The van der Waals surface area contributed by atoms with E-state index in [1.807, 2.05) is 56.3 Å². The second kappa shape index (κ2) is 9.59. The van der Waals surface area contributed by atoms with Crippen molar-refractivity contribution in [2.45, 2.75) is 43.9 Å². The number of nitrogens with zero attached hydrogens (tertiary/aromatic N) is 3. The fourth-order valence-electron chi connectivity index (χ4n) is 5.38. The lowest BCUT2D eigenvalue weighted by Gasteiger charge is -2.35. The smallest absolute Gasteiger partial charge is 0.264 e. The highest BCUT2D eigenvalue weighted by Gasteiger charge is 2.29. The number of likely N-dealkylation sites (tertiary alicyclic amines) is 1. The van der Waals surface area contributed by atoms with E-state index in [-0.39, 0.29) is 16.8 Å². The summed E-state index contributed by atoms with van der Waals surface area (Å²) in [5, 5.41) is 0. The first-order valence-corrected chi connectivity index (χ1v) is 13.7. The summed E-state index contributed by atoms with van der Waals surface area (Å²) in [6.07, 6.45) is 2.97. The van der Waals surface area contributed by atoms with Crippen molar-refractivity contribution in [2.24, 2.45) is 5.92 Å². The number of ether oxygens (including phenoxy) is 1. The lowest BCUT2D eigenvalue weighted by atomic mass is 9.78. The molecule has 1 aromatic heterocycles. The van der Waals surface area contributed by atoms with Crippen LogP contribution >= 0.6 is 0 Å². The zero-order chi connectivity index (χ0) is 24.6. The molecule has 1 atom stereocenters. The van der Waals surface area contributed by atoms with Gasteiger partial charge in [-0.3, -0.25) is 0 Å². The molecular formula is C27H32N4O3S. The van der Waals surface area contributed by atoms with E-state index in [0.29, 0.717) is 24.1 Å². The van der Waals surface area contributed by atoms with Crippen molar-refractivity contribution in [3.8, 4) is 17.1 Å². The molecule has 5 rings (SSSR count). The van der Waals surface area contributed by atoms with Gasteiger partial charge in [-0.05, 0) is 93.9 Å². The van der Waals surface area contributed by atoms with Crippen LogP contribution in [0.15, 0.2) is 53.4 Å². The predicted octanol–water partition coefficient (Wildman–Crippen LogP) is 4.77. The maximum absolute atomic E-state index is 13.4. The molecule has 1 saturated heterocycles. The highest BCUT2D eigenvalue weighted by Crippen LogP contribution is 2.37. The first-order valence-electron chi connectivity index (χ1n) is 12.2. The monoisotopic (exact) mass is 492 g/mol. The van der Waals surface area contributed by atoms with E-state index in [2.05, 4.69) is 26.6 Å². The number of aryl methyl sites for hydroxylation is 2. The second-order valence-electron chi connectivity index (χ2n) is 9.74. The Morgan fingerprint density at radius 1 is 0.971 bits per heavy atom. The van der Waals surface area contributed by atoms with Gasteiger partial charge in [-0.15, -0.1) is 0 Å². The molecule has 3 aromatic rings. The molecule has 184 valence electrons. The normalized spacial score (nSPS) is 20.7. The van der Waals surface area contributed by atoms with Crippen LogP contribution < -0.4 is 9.46 Å². The minimum atomic E-state index is -3.87. The minimum absolute atomic E-state index is 0.0120. The Hall–Kier alpha value is -2.97. The fraction of sp³-hybridized carbons (Fsp3) is 0.407. The highest BCUT2D eigenvalue weighted by molar-refractivity contribution is 7.92. The molecule has 3 heterocycles. The largest absolute Gasteiger partial charge is 0.478 e. The maximum atomic E-state index is 13.4. The standard InChI is InChI=1S/C27H32N4O3S/c1-18-6-4-7-19(2)26(18)24-17-25-29-27(28-24)30-35(32,33)22-9-5-8-21(16-22)23(12-15-34-25)20-10-13-31(3)14-11-20/h4-9,16-17,20,23H,10-15H2,1-3H3,(H,28,29,30). The Morgan fingerprint density at radius 3 is 2.43 bits per heavy atom. The SMILES string of the molecule is Cc1cccc(C)c1-c1cc2nc(n1)NS(=O)(=O)c1cccc(c1)C(C1CCN(C)CC1)CCO2. The van der Waals surface area contributed by atoms with Crippen molar-refractivity contribution in [3.63, 3.8) is 0 Å². The second-order valence-corrected chi connectivity index (χ2v) is 11.4. The van der Waals surface area contributed by atoms with Crippen LogP contribution in [0.4, 0.5) is 5.95 Å². The van der Waals surface area contributed by atoms with Crippen LogP contribution in [0.3, 0.4) is 0 Å². The molecule has 8 heteroatoms. The van der Waals surface area contributed by atoms with Gasteiger partial charge in [0, 0.05) is 11.6 Å². The van der Waals surface area contributed by atoms with Gasteiger partial charge in [0.25, 0.3) is 10.0 Å². The van der Waals surface area contributed by atoms with Crippen molar-refractivity contribution >= 4 is 16.0 Å². The summed E-state index contributed by atoms with van der Waals surface area (Å²) in [5.74, 6) is 1.09. The first-order chi connectivity index (χ1) is 16.8. The third kappa shape index (κ3) is 5.04. The molecule has 0 radical (unpaired) electrons. The molecule has 0 amide bonds. The van der Waals surface area contributed by atoms with E-state index in [1.54, 1.807) is 6.07 Å². The van der Waals surface area contributed by atoms with E-state index < -0.39 is 10.0 Å². The number of benzene rings is 2. The summed E-state index contributed by atoms with van der Waals surface area (Å²) >= 11 is 0. The van der Waals surface area contributed by atoms with Crippen molar-refractivity contribution in [1.29, 1.82) is 0 Å². The van der Waals surface area contributed by atoms with Gasteiger partial charge in [0.2, 0.25) is 11.8 Å². The van der Waals surface area contributed by atoms with Crippen molar-refractivity contribution in [2.75, 3.05) is 31.5 Å². The van der Waals surface area contributed by atoms with Gasteiger partial charge in [0.1, 0.15) is 0 Å². The summed E-state index contributed by atoms with van der Waals surface area (Å²) in [4.78, 5) is 11.6. The number of rotatable bonds is 2. The molecule has 0 aliphatic carbocycles. The van der Waals surface area contributed by atoms with Gasteiger partial charge in [-0.1, -0.05) is 30.3 Å². The van der Waals surface area contributed by atoms with Crippen LogP contribution in [0.5, 0.6) is 5.88 Å². The topological polar surface area (TPSA) is 84.4 Å². The van der Waals surface area contributed by atoms with E-state index in [0.717, 1.165) is 54.6 Å². The number of piperidine rings is 1. The Labute approximate surface area is 207 Å². The predicted molar refractivity (Wildman–Crippen MR) is 137 cm³/mol. The third-order valence-electron chi connectivity index (χ3n) is 7.27. The fourth-order valence-corrected chi connectivity index (χ4v) is 6.38. The number of sulfonamides is 1. The molecule has 2 aliphatic heterocycles. The minimum Gasteiger partial charge on any atom is -0.478 e. The zero-order valence-corrected chi connectivity index (χ0v) is 21.3. The Morgan fingerprint density at radius 2 is 1.69 bits per heavy atom. The van der Waals surface area contributed by atoms with Crippen LogP contribution in [0.1, 0.15) is 41.9 Å². The van der Waals surface area contributed by atoms with E-state index >= 15 is 0 Å². The Kier molecular flexibility index (Phi) is 6.51. The molecule has 4 bridgehead atoms. The van der Waals surface area contributed by atoms with Gasteiger partial charge >= 0.3 is 0 Å². The summed E-state index contributed by atoms with van der Waals surface area (Å²) < 4.78 is 35.5. The average molecular weight is 493 g/mol. The quantitative estimate of drug-likeness (QED) is 0.555. The Bertz CT molecular complexity index is 1310. The first kappa shape index (κ1) is 23.8. The number of anilines is 1. The molecule has 2 aromatic carbocycles. The van der Waals surface area contributed by atoms with Gasteiger partial charge in [0.05, 0.1) is 17.2 Å². The van der Waals surface area contributed by atoms with E-state index in [1.165, 1.54) is 0 Å². The van der Waals surface area contributed by atoms with Crippen LogP contribution in [0.25, 0.3) is 11.3 Å². The molecular weight excluding hydrogens is 460 g/mol. The molecule has 7 nitrogen and oxygen atoms in total. The van der Waals surface area contributed by atoms with Crippen LogP contribution in [0, 0.1) is 19.8 Å². The molecule has 0 spiro atoms. The molecule has 35 heavy (non-hydrogen) atoms. The number of hydrogen-bond donors (Lipinski definition) is 1. The number of fused-ring (bicyclic) bond motifs is 4. The van der Waals surface area contributed by atoms with E-state index in [9.17, 15) is 8.42 Å². The third-order valence-corrected chi connectivity index (χ3v) is 8.60. The van der Waals surface area contributed by atoms with Gasteiger partial charge in [-0.25, -0.2) is 18.1 Å². The van der Waals surface area contributed by atoms with Crippen LogP contribution in [-0.4, -0.2) is 50.0 Å². The maximum Gasteiger partial charge on any atom is 0.264 e. The Balaban J connectivity index is 1.57. The highest BCUT2D eigenvalue weighted by atomic mass is 32.2. The van der Waals surface area contributed by atoms with Crippen LogP contribution in [-0.2, 0) is 10.0 Å². The number of nitrogens with one attached hydrogen (secondary N) is 1. The molecule has 1 unspecified atom stereocenters. The van der Waals surface area contributed by atoms with Crippen molar-refractivity contribution in [1.82, 2.24) is 14.9 Å². The molecule has 0 saturated carbocycles. The van der Waals surface area contributed by atoms with Gasteiger partial charge < -0.3 is 9.64 Å². The summed E-state index contributed by atoms with van der Waals surface area (Å²) in [6.45, 7) is 6.64. The van der Waals surface area contributed by atoms with E-state index in [4.69, 9.17) is 4.74 Å². The van der Waals surface area contributed by atoms with Crippen molar-refractivity contribution < 1.29 is 13.2 Å². The number of hydrogen-bond acceptors (Lipinski definition) is 6. The molecule has 1 fully saturated rings. The number of aromatic nitrogens is 2.